The Hall–Kier alpha value is -5.29. The quantitative estimate of drug-likeness (QED) is 0.143. The van der Waals surface area contributed by atoms with Gasteiger partial charge >= 0.3 is 18.0 Å². The molecule has 2 aromatic heterocycles. The molecule has 0 fully saturated rings. The van der Waals surface area contributed by atoms with Gasteiger partial charge in [-0.2, -0.15) is 19.0 Å². The lowest BCUT2D eigenvalue weighted by atomic mass is 10.2. The Morgan fingerprint density at radius 3 is 2.63 bits per heavy atom. The molecule has 0 radical (unpaired) electrons. The summed E-state index contributed by atoms with van der Waals surface area (Å²) in [7, 11) is 1.50. The highest BCUT2D eigenvalue weighted by Crippen LogP contribution is 2.25. The van der Waals surface area contributed by atoms with Crippen LogP contribution in [-0.4, -0.2) is 44.6 Å². The van der Waals surface area contributed by atoms with E-state index in [0.29, 0.717) is 16.6 Å². The third kappa shape index (κ3) is 5.58. The van der Waals surface area contributed by atoms with E-state index in [1.807, 2.05) is 11.4 Å². The van der Waals surface area contributed by atoms with Crippen LogP contribution < -0.4 is 26.5 Å². The van der Waals surface area contributed by atoms with Crippen molar-refractivity contribution in [1.82, 2.24) is 19.5 Å². The number of hydrazone groups is 1. The molecular formula is C24H21F2N9O3. The maximum atomic E-state index is 14.3. The first-order valence-corrected chi connectivity index (χ1v) is 10.9. The van der Waals surface area contributed by atoms with Crippen molar-refractivity contribution in [2.24, 2.45) is 16.8 Å². The molecule has 4 aromatic rings. The average molecular weight is 521 g/mol. The smallest absolute Gasteiger partial charge is 0.458 e. The molecule has 0 atom stereocenters. The van der Waals surface area contributed by atoms with Gasteiger partial charge in [0.2, 0.25) is 5.96 Å². The summed E-state index contributed by atoms with van der Waals surface area (Å²) >= 11 is 0. The van der Waals surface area contributed by atoms with Crippen molar-refractivity contribution in [3.05, 3.63) is 78.0 Å². The molecule has 0 bridgehead atoms. The summed E-state index contributed by atoms with van der Waals surface area (Å²) in [5.41, 5.74) is 1.56. The first-order chi connectivity index (χ1) is 18.2. The Kier molecular flexibility index (Phi) is 7.31. The second-order valence-electron chi connectivity index (χ2n) is 7.77. The molecule has 38 heavy (non-hydrogen) atoms. The van der Waals surface area contributed by atoms with Gasteiger partial charge < -0.3 is 20.6 Å². The van der Waals surface area contributed by atoms with Crippen LogP contribution in [0.4, 0.5) is 14.6 Å². The van der Waals surface area contributed by atoms with Crippen LogP contribution in [0.25, 0.3) is 11.0 Å². The minimum Gasteiger partial charge on any atom is -0.458 e. The SMILES string of the molecule is CN(N)/C(=N\N)n1c(OCc2cccc(NC(=O)C(F)(F)Oc3ccccc3)n2)nc2ccc(C#N)cc21. The molecule has 0 spiro atoms. The maximum absolute atomic E-state index is 14.3. The molecule has 5 N–H and O–H groups in total. The number of carbonyl (C=O) groups excluding carboxylic acids is 1. The minimum atomic E-state index is -4.14. The van der Waals surface area contributed by atoms with Crippen molar-refractivity contribution < 1.29 is 23.0 Å². The number of pyridine rings is 1. The highest BCUT2D eigenvalue weighted by molar-refractivity contribution is 5.95. The van der Waals surface area contributed by atoms with E-state index in [1.165, 1.54) is 48.0 Å². The van der Waals surface area contributed by atoms with Gasteiger partial charge in [0.15, 0.2) is 0 Å². The number of imidazole rings is 1. The summed E-state index contributed by atoms with van der Waals surface area (Å²) in [5.74, 6) is 9.43. The first kappa shape index (κ1) is 25.8. The van der Waals surface area contributed by atoms with Gasteiger partial charge in [0.25, 0.3) is 0 Å². The average Bonchev–Trinajstić information content (AvgIpc) is 3.25. The van der Waals surface area contributed by atoms with Gasteiger partial charge in [-0.1, -0.05) is 24.3 Å². The predicted molar refractivity (Wildman–Crippen MR) is 133 cm³/mol. The normalized spacial score (nSPS) is 11.6. The summed E-state index contributed by atoms with van der Waals surface area (Å²) in [5, 5.41) is 16.1. The fourth-order valence-corrected chi connectivity index (χ4v) is 3.36. The van der Waals surface area contributed by atoms with E-state index in [4.69, 9.17) is 16.4 Å². The summed E-state index contributed by atoms with van der Waals surface area (Å²) in [6.07, 6.45) is -4.14. The zero-order valence-electron chi connectivity index (χ0n) is 19.9. The van der Waals surface area contributed by atoms with E-state index >= 15 is 0 Å². The third-order valence-electron chi connectivity index (χ3n) is 5.03. The number of nitrogens with two attached hydrogens (primary N) is 2. The number of nitrogens with zero attached hydrogens (tertiary/aromatic N) is 6. The monoisotopic (exact) mass is 521 g/mol. The number of nitrogens with one attached hydrogen (secondary N) is 1. The maximum Gasteiger partial charge on any atom is 0.482 e. The topological polar surface area (TPSA) is 170 Å². The van der Waals surface area contributed by atoms with E-state index in [-0.39, 0.29) is 35.8 Å². The Labute approximate surface area is 214 Å². The van der Waals surface area contributed by atoms with E-state index < -0.39 is 12.0 Å². The van der Waals surface area contributed by atoms with Crippen LogP contribution in [0.15, 0.2) is 71.8 Å². The number of alkyl halides is 2. The third-order valence-corrected chi connectivity index (χ3v) is 5.03. The molecule has 0 aliphatic rings. The molecule has 0 unspecified atom stereocenters. The number of benzene rings is 2. The molecule has 0 aliphatic carbocycles. The lowest BCUT2D eigenvalue weighted by Gasteiger charge is -2.18. The van der Waals surface area contributed by atoms with Crippen LogP contribution in [0, 0.1) is 11.3 Å². The second kappa shape index (κ2) is 10.8. The van der Waals surface area contributed by atoms with E-state index in [9.17, 15) is 18.8 Å². The number of hydrogen-bond acceptors (Lipinski definition) is 9. The summed E-state index contributed by atoms with van der Waals surface area (Å²) in [6.45, 7) is -0.179. The number of nitriles is 1. The van der Waals surface area contributed by atoms with Gasteiger partial charge in [-0.3, -0.25) is 9.80 Å². The number of halogens is 2. The predicted octanol–water partition coefficient (Wildman–Crippen LogP) is 2.38. The van der Waals surface area contributed by atoms with Crippen LogP contribution in [0.2, 0.25) is 0 Å². The molecule has 194 valence electrons. The standard InChI is InChI=1S/C24H21F2N9O3/c1-34(29)22(33-28)35-19-12-15(13-27)10-11-18(19)31-23(35)37-14-16-6-5-9-20(30-16)32-21(36)24(25,26)38-17-7-3-2-4-8-17/h2-12H,14,28-29H2,1H3,(H,30,32,36)/b33-22+. The highest BCUT2D eigenvalue weighted by atomic mass is 19.3. The molecule has 14 heteroatoms. The number of aromatic nitrogens is 3. The van der Waals surface area contributed by atoms with Crippen LogP contribution >= 0.6 is 0 Å². The highest BCUT2D eigenvalue weighted by Gasteiger charge is 2.42. The molecular weight excluding hydrogens is 500 g/mol. The molecule has 0 saturated carbocycles. The largest absolute Gasteiger partial charge is 0.482 e. The van der Waals surface area contributed by atoms with Gasteiger partial charge in [0.1, 0.15) is 18.2 Å². The number of amides is 1. The molecule has 4 rings (SSSR count). The summed E-state index contributed by atoms with van der Waals surface area (Å²) in [6, 6.07) is 18.4. The molecule has 2 aromatic carbocycles. The fourth-order valence-electron chi connectivity index (χ4n) is 3.36. The zero-order chi connectivity index (χ0) is 27.3. The molecule has 0 aliphatic heterocycles. The van der Waals surface area contributed by atoms with Gasteiger partial charge in [-0.25, -0.2) is 15.4 Å². The lowest BCUT2D eigenvalue weighted by Crippen LogP contribution is -2.40. The second-order valence-corrected chi connectivity index (χ2v) is 7.77. The van der Waals surface area contributed by atoms with Gasteiger partial charge in [0, 0.05) is 7.05 Å². The van der Waals surface area contributed by atoms with Crippen molar-refractivity contribution in [1.29, 1.82) is 5.26 Å². The van der Waals surface area contributed by atoms with E-state index in [2.05, 4.69) is 19.8 Å². The lowest BCUT2D eigenvalue weighted by molar-refractivity contribution is -0.187. The van der Waals surface area contributed by atoms with Crippen molar-refractivity contribution in [3.8, 4) is 17.8 Å². The van der Waals surface area contributed by atoms with Crippen molar-refractivity contribution in [3.63, 3.8) is 0 Å². The molecule has 0 saturated heterocycles. The molecule has 12 nitrogen and oxygen atoms in total. The number of rotatable bonds is 7. The van der Waals surface area contributed by atoms with Gasteiger partial charge in [0.05, 0.1) is 28.4 Å². The fraction of sp³-hybridized carbons (Fsp3) is 0.125. The Bertz CT molecular complexity index is 1530. The van der Waals surface area contributed by atoms with Crippen LogP contribution in [0.1, 0.15) is 11.3 Å². The van der Waals surface area contributed by atoms with Gasteiger partial charge in [-0.05, 0) is 42.5 Å². The number of para-hydroxylation sites is 1. The first-order valence-electron chi connectivity index (χ1n) is 10.9. The zero-order valence-corrected chi connectivity index (χ0v) is 19.9. The van der Waals surface area contributed by atoms with Crippen LogP contribution in [0.5, 0.6) is 11.8 Å². The molecule has 1 amide bonds. The Morgan fingerprint density at radius 2 is 1.95 bits per heavy atom. The van der Waals surface area contributed by atoms with Crippen LogP contribution in [-0.2, 0) is 11.4 Å². The minimum absolute atomic E-state index is 0.0237. The molecule has 2 heterocycles. The number of anilines is 1. The van der Waals surface area contributed by atoms with E-state index in [0.717, 1.165) is 5.01 Å². The number of carbonyl (C=O) groups is 1. The number of fused-ring (bicyclic) bond motifs is 1. The van der Waals surface area contributed by atoms with Crippen molar-refractivity contribution in [2.75, 3.05) is 12.4 Å². The number of hydrazine groups is 1. The van der Waals surface area contributed by atoms with Crippen molar-refractivity contribution in [2.45, 2.75) is 12.7 Å². The summed E-state index contributed by atoms with van der Waals surface area (Å²) in [4.78, 5) is 20.7. The van der Waals surface area contributed by atoms with Gasteiger partial charge in [-0.15, -0.1) is 5.10 Å². The van der Waals surface area contributed by atoms with Crippen LogP contribution in [0.3, 0.4) is 0 Å². The van der Waals surface area contributed by atoms with Crippen molar-refractivity contribution >= 4 is 28.7 Å². The van der Waals surface area contributed by atoms with E-state index in [1.54, 1.807) is 30.3 Å². The Morgan fingerprint density at radius 1 is 1.18 bits per heavy atom. The Balaban J connectivity index is 1.53. The number of ether oxygens (including phenoxy) is 2. The summed E-state index contributed by atoms with van der Waals surface area (Å²) < 4.78 is 40.3. The number of hydrogen-bond donors (Lipinski definition) is 3.